The first-order valence-corrected chi connectivity index (χ1v) is 7.46. The van der Waals surface area contributed by atoms with Crippen LogP contribution in [0.25, 0.3) is 0 Å². The first-order chi connectivity index (χ1) is 9.33. The van der Waals surface area contributed by atoms with Crippen molar-refractivity contribution in [2.75, 3.05) is 13.2 Å². The van der Waals surface area contributed by atoms with E-state index in [9.17, 15) is 0 Å². The van der Waals surface area contributed by atoms with Gasteiger partial charge in [0.1, 0.15) is 5.75 Å². The lowest BCUT2D eigenvalue weighted by molar-refractivity contribution is 0.101. The molecule has 2 unspecified atom stereocenters. The van der Waals surface area contributed by atoms with Crippen LogP contribution >= 0.6 is 0 Å². The average Bonchev–Trinajstić information content (AvgIpc) is 2.97. The van der Waals surface area contributed by atoms with Gasteiger partial charge in [-0.3, -0.25) is 0 Å². The Morgan fingerprint density at radius 2 is 2.21 bits per heavy atom. The third-order valence-electron chi connectivity index (χ3n) is 4.18. The summed E-state index contributed by atoms with van der Waals surface area (Å²) in [5.41, 5.74) is 8.86. The molecule has 2 heterocycles. The van der Waals surface area contributed by atoms with Crippen molar-refractivity contribution < 1.29 is 9.47 Å². The summed E-state index contributed by atoms with van der Waals surface area (Å²) in [5.74, 6) is 1.04. The normalized spacial score (nSPS) is 23.7. The molecule has 19 heavy (non-hydrogen) atoms. The van der Waals surface area contributed by atoms with Crippen molar-refractivity contribution >= 4 is 0 Å². The molecule has 3 rings (SSSR count). The summed E-state index contributed by atoms with van der Waals surface area (Å²) < 4.78 is 11.3. The van der Waals surface area contributed by atoms with Crippen molar-refractivity contribution in [1.29, 1.82) is 0 Å². The summed E-state index contributed by atoms with van der Waals surface area (Å²) in [6.07, 6.45) is 7.15. The van der Waals surface area contributed by atoms with Crippen molar-refractivity contribution in [3.63, 3.8) is 0 Å². The minimum atomic E-state index is 0.122. The van der Waals surface area contributed by atoms with E-state index in [1.807, 2.05) is 0 Å². The Hall–Kier alpha value is -1.06. The fourth-order valence-electron chi connectivity index (χ4n) is 3.02. The van der Waals surface area contributed by atoms with Crippen molar-refractivity contribution in [1.82, 2.24) is 0 Å². The molecule has 0 aliphatic carbocycles. The van der Waals surface area contributed by atoms with E-state index in [1.54, 1.807) is 0 Å². The van der Waals surface area contributed by atoms with E-state index >= 15 is 0 Å². The number of hydrogen-bond acceptors (Lipinski definition) is 3. The molecular weight excluding hydrogens is 238 g/mol. The van der Waals surface area contributed by atoms with Gasteiger partial charge in [-0.1, -0.05) is 12.1 Å². The van der Waals surface area contributed by atoms with Crippen molar-refractivity contribution in [2.24, 2.45) is 5.73 Å². The Morgan fingerprint density at radius 1 is 1.26 bits per heavy atom. The maximum atomic E-state index is 6.31. The molecule has 2 N–H and O–H groups in total. The van der Waals surface area contributed by atoms with Gasteiger partial charge >= 0.3 is 0 Å². The molecule has 104 valence electrons. The molecule has 1 aromatic rings. The molecule has 2 atom stereocenters. The highest BCUT2D eigenvalue weighted by atomic mass is 16.5. The van der Waals surface area contributed by atoms with Crippen LogP contribution in [0.5, 0.6) is 5.75 Å². The quantitative estimate of drug-likeness (QED) is 0.906. The second-order valence-corrected chi connectivity index (χ2v) is 5.64. The number of benzene rings is 1. The zero-order valence-corrected chi connectivity index (χ0v) is 11.4. The Balaban J connectivity index is 1.60. The number of nitrogens with two attached hydrogens (primary N) is 1. The number of hydrogen-bond donors (Lipinski definition) is 1. The highest BCUT2D eigenvalue weighted by Gasteiger charge is 2.18. The Kier molecular flexibility index (Phi) is 4.04. The van der Waals surface area contributed by atoms with Gasteiger partial charge in [-0.25, -0.2) is 0 Å². The molecule has 3 heteroatoms. The molecule has 1 saturated heterocycles. The van der Waals surface area contributed by atoms with Gasteiger partial charge in [0.15, 0.2) is 0 Å². The molecule has 2 aliphatic heterocycles. The number of fused-ring (bicyclic) bond motifs is 1. The number of aryl methyl sites for hydroxylation is 1. The van der Waals surface area contributed by atoms with Crippen LogP contribution in [0.4, 0.5) is 0 Å². The molecule has 1 fully saturated rings. The van der Waals surface area contributed by atoms with Crippen LogP contribution in [0.1, 0.15) is 49.3 Å². The van der Waals surface area contributed by atoms with E-state index in [0.29, 0.717) is 6.10 Å². The second kappa shape index (κ2) is 5.93. The summed E-state index contributed by atoms with van der Waals surface area (Å²) >= 11 is 0. The standard InChI is InChI=1S/C16H23NO2/c17-15(7-6-14-4-2-9-18-14)12-5-8-16-13(11-12)3-1-10-19-16/h5,8,11,14-15H,1-4,6-7,9-10,17H2. The SMILES string of the molecule is NC(CCC1CCCO1)c1ccc2c(c1)CCCO2. The molecule has 3 nitrogen and oxygen atoms in total. The van der Waals surface area contributed by atoms with Crippen LogP contribution in [0.15, 0.2) is 18.2 Å². The summed E-state index contributed by atoms with van der Waals surface area (Å²) in [6.45, 7) is 1.77. The smallest absolute Gasteiger partial charge is 0.122 e. The van der Waals surface area contributed by atoms with Gasteiger partial charge in [0.2, 0.25) is 0 Å². The van der Waals surface area contributed by atoms with Gasteiger partial charge in [0.25, 0.3) is 0 Å². The fourth-order valence-corrected chi connectivity index (χ4v) is 3.02. The molecule has 2 aliphatic rings. The van der Waals surface area contributed by atoms with Crippen LogP contribution < -0.4 is 10.5 Å². The third kappa shape index (κ3) is 3.10. The molecule has 0 radical (unpaired) electrons. The van der Waals surface area contributed by atoms with Gasteiger partial charge in [-0.15, -0.1) is 0 Å². The molecule has 0 aromatic heterocycles. The monoisotopic (exact) mass is 261 g/mol. The average molecular weight is 261 g/mol. The maximum absolute atomic E-state index is 6.31. The number of ether oxygens (including phenoxy) is 2. The predicted octanol–water partition coefficient (Wildman–Crippen LogP) is 2.97. The van der Waals surface area contributed by atoms with Crippen molar-refractivity contribution in [2.45, 2.75) is 50.7 Å². The summed E-state index contributed by atoms with van der Waals surface area (Å²) in [7, 11) is 0. The summed E-state index contributed by atoms with van der Waals surface area (Å²) in [5, 5.41) is 0. The highest BCUT2D eigenvalue weighted by molar-refractivity contribution is 5.39. The lowest BCUT2D eigenvalue weighted by Crippen LogP contribution is -2.15. The van der Waals surface area contributed by atoms with Gasteiger partial charge < -0.3 is 15.2 Å². The van der Waals surface area contributed by atoms with Gasteiger partial charge in [-0.05, 0) is 55.7 Å². The predicted molar refractivity (Wildman–Crippen MR) is 75.4 cm³/mol. The van der Waals surface area contributed by atoms with Gasteiger partial charge in [-0.2, -0.15) is 0 Å². The molecule has 1 aromatic carbocycles. The molecule has 0 saturated carbocycles. The third-order valence-corrected chi connectivity index (χ3v) is 4.18. The van der Waals surface area contributed by atoms with E-state index in [0.717, 1.165) is 44.6 Å². The summed E-state index contributed by atoms with van der Waals surface area (Å²) in [4.78, 5) is 0. The second-order valence-electron chi connectivity index (χ2n) is 5.64. The van der Waals surface area contributed by atoms with Crippen LogP contribution in [-0.2, 0) is 11.2 Å². The van der Waals surface area contributed by atoms with Gasteiger partial charge in [0, 0.05) is 12.6 Å². The van der Waals surface area contributed by atoms with E-state index in [2.05, 4.69) is 18.2 Å². The van der Waals surface area contributed by atoms with E-state index in [-0.39, 0.29) is 6.04 Å². The molecule has 0 spiro atoms. The van der Waals surface area contributed by atoms with E-state index < -0.39 is 0 Å². The van der Waals surface area contributed by atoms with Crippen LogP contribution in [0.2, 0.25) is 0 Å². The minimum Gasteiger partial charge on any atom is -0.493 e. The minimum absolute atomic E-state index is 0.122. The van der Waals surface area contributed by atoms with E-state index in [4.69, 9.17) is 15.2 Å². The zero-order valence-electron chi connectivity index (χ0n) is 11.4. The lowest BCUT2D eigenvalue weighted by atomic mass is 9.96. The topological polar surface area (TPSA) is 44.5 Å². The Bertz CT molecular complexity index is 427. The Labute approximate surface area is 115 Å². The van der Waals surface area contributed by atoms with Gasteiger partial charge in [0.05, 0.1) is 12.7 Å². The molecular formula is C16H23NO2. The fraction of sp³-hybridized carbons (Fsp3) is 0.625. The Morgan fingerprint density at radius 3 is 3.05 bits per heavy atom. The van der Waals surface area contributed by atoms with Crippen LogP contribution in [-0.4, -0.2) is 19.3 Å². The van der Waals surface area contributed by atoms with E-state index in [1.165, 1.54) is 24.0 Å². The number of rotatable bonds is 4. The molecule has 0 amide bonds. The first kappa shape index (κ1) is 12.9. The first-order valence-electron chi connectivity index (χ1n) is 7.46. The summed E-state index contributed by atoms with van der Waals surface area (Å²) in [6, 6.07) is 6.55. The van der Waals surface area contributed by atoms with Crippen LogP contribution in [0, 0.1) is 0 Å². The highest BCUT2D eigenvalue weighted by Crippen LogP contribution is 2.29. The molecule has 0 bridgehead atoms. The largest absolute Gasteiger partial charge is 0.493 e. The maximum Gasteiger partial charge on any atom is 0.122 e. The van der Waals surface area contributed by atoms with Crippen LogP contribution in [0.3, 0.4) is 0 Å². The lowest BCUT2D eigenvalue weighted by Gasteiger charge is -2.20. The van der Waals surface area contributed by atoms with Crippen molar-refractivity contribution in [3.8, 4) is 5.75 Å². The van der Waals surface area contributed by atoms with Crippen molar-refractivity contribution in [3.05, 3.63) is 29.3 Å². The zero-order chi connectivity index (χ0) is 13.1.